The SMILES string of the molecule is O=C(Nc1sc2c(c1C(=O)N[C@@H]1CCS(=O)(=O)C1)CCC2)c1ccc(Cl)cc1Cl. The number of sulfone groups is 1. The van der Waals surface area contributed by atoms with Gasteiger partial charge >= 0.3 is 0 Å². The highest BCUT2D eigenvalue weighted by Crippen LogP contribution is 2.39. The van der Waals surface area contributed by atoms with Crippen LogP contribution in [0.4, 0.5) is 5.00 Å². The third-order valence-electron chi connectivity index (χ3n) is 5.12. The van der Waals surface area contributed by atoms with Gasteiger partial charge in [-0.2, -0.15) is 0 Å². The number of aryl methyl sites for hydroxylation is 1. The fraction of sp³-hybridized carbons (Fsp3) is 0.368. The second-order valence-corrected chi connectivity index (χ2v) is 11.4. The average molecular weight is 473 g/mol. The van der Waals surface area contributed by atoms with Crippen LogP contribution in [0.15, 0.2) is 18.2 Å². The molecule has 0 saturated carbocycles. The number of amides is 2. The van der Waals surface area contributed by atoms with Crippen LogP contribution < -0.4 is 10.6 Å². The Kier molecular flexibility index (Phi) is 5.63. The lowest BCUT2D eigenvalue weighted by molar-refractivity contribution is 0.0941. The summed E-state index contributed by atoms with van der Waals surface area (Å²) < 4.78 is 23.4. The lowest BCUT2D eigenvalue weighted by atomic mass is 10.1. The van der Waals surface area contributed by atoms with Crippen LogP contribution in [-0.2, 0) is 22.7 Å². The first kappa shape index (κ1) is 20.7. The van der Waals surface area contributed by atoms with Crippen molar-refractivity contribution < 1.29 is 18.0 Å². The molecule has 1 fully saturated rings. The van der Waals surface area contributed by atoms with Gasteiger partial charge in [0.1, 0.15) is 5.00 Å². The molecule has 2 amide bonds. The van der Waals surface area contributed by atoms with E-state index in [0.29, 0.717) is 22.0 Å². The Morgan fingerprint density at radius 2 is 1.93 bits per heavy atom. The second-order valence-electron chi connectivity index (χ2n) is 7.21. The van der Waals surface area contributed by atoms with E-state index in [-0.39, 0.29) is 28.0 Å². The van der Waals surface area contributed by atoms with E-state index < -0.39 is 21.8 Å². The molecule has 29 heavy (non-hydrogen) atoms. The third kappa shape index (κ3) is 4.30. The molecule has 2 aromatic rings. The highest BCUT2D eigenvalue weighted by molar-refractivity contribution is 7.91. The van der Waals surface area contributed by atoms with E-state index >= 15 is 0 Å². The molecular formula is C19H18Cl2N2O4S2. The summed E-state index contributed by atoms with van der Waals surface area (Å²) in [5, 5.41) is 6.75. The minimum Gasteiger partial charge on any atom is -0.348 e. The summed E-state index contributed by atoms with van der Waals surface area (Å²) in [5.74, 6) is -0.737. The Morgan fingerprint density at radius 3 is 2.62 bits per heavy atom. The fourth-order valence-corrected chi connectivity index (χ4v) is 7.19. The van der Waals surface area contributed by atoms with E-state index in [1.54, 1.807) is 6.07 Å². The topological polar surface area (TPSA) is 92.3 Å². The van der Waals surface area contributed by atoms with Crippen LogP contribution in [0.3, 0.4) is 0 Å². The van der Waals surface area contributed by atoms with Gasteiger partial charge in [0.05, 0.1) is 27.7 Å². The standard InChI is InChI=1S/C19H18Cl2N2O4S2/c20-10-4-5-12(14(21)8-10)17(24)23-19-16(13-2-1-3-15(13)28-19)18(25)22-11-6-7-29(26,27)9-11/h4-5,8,11H,1-3,6-7,9H2,(H,22,25)(H,23,24)/t11-/m1/s1. The quantitative estimate of drug-likeness (QED) is 0.708. The van der Waals surface area contributed by atoms with Crippen molar-refractivity contribution in [3.8, 4) is 0 Å². The molecule has 1 aliphatic carbocycles. The number of hydrogen-bond donors (Lipinski definition) is 2. The van der Waals surface area contributed by atoms with E-state index in [0.717, 1.165) is 29.7 Å². The molecule has 2 heterocycles. The van der Waals surface area contributed by atoms with Gasteiger partial charge in [-0.1, -0.05) is 23.2 Å². The monoisotopic (exact) mass is 472 g/mol. The molecule has 0 unspecified atom stereocenters. The zero-order valence-electron chi connectivity index (χ0n) is 15.3. The molecule has 1 aromatic carbocycles. The van der Waals surface area contributed by atoms with Gasteiger partial charge < -0.3 is 10.6 Å². The first-order valence-electron chi connectivity index (χ1n) is 9.16. The lowest BCUT2D eigenvalue weighted by Crippen LogP contribution is -2.36. The van der Waals surface area contributed by atoms with E-state index in [4.69, 9.17) is 23.2 Å². The largest absolute Gasteiger partial charge is 0.348 e. The highest BCUT2D eigenvalue weighted by atomic mass is 35.5. The van der Waals surface area contributed by atoms with Crippen LogP contribution in [0.2, 0.25) is 10.0 Å². The summed E-state index contributed by atoms with van der Waals surface area (Å²) in [6, 6.07) is 4.19. The van der Waals surface area contributed by atoms with Crippen LogP contribution in [0.5, 0.6) is 0 Å². The molecule has 154 valence electrons. The first-order chi connectivity index (χ1) is 13.7. The summed E-state index contributed by atoms with van der Waals surface area (Å²) in [7, 11) is -3.10. The van der Waals surface area contributed by atoms with Crippen LogP contribution in [-0.4, -0.2) is 37.8 Å². The summed E-state index contributed by atoms with van der Waals surface area (Å²) in [5.41, 5.74) is 1.63. The molecule has 6 nitrogen and oxygen atoms in total. The van der Waals surface area contributed by atoms with Gasteiger partial charge in [-0.05, 0) is 49.4 Å². The van der Waals surface area contributed by atoms with Crippen LogP contribution in [0.25, 0.3) is 0 Å². The van der Waals surface area contributed by atoms with Gasteiger partial charge in [0.25, 0.3) is 11.8 Å². The Labute approximate surface area is 182 Å². The maximum absolute atomic E-state index is 13.0. The molecule has 0 spiro atoms. The number of nitrogens with one attached hydrogen (secondary N) is 2. The molecule has 1 atom stereocenters. The van der Waals surface area contributed by atoms with Crippen molar-refractivity contribution in [3.05, 3.63) is 49.8 Å². The van der Waals surface area contributed by atoms with Gasteiger partial charge in [0, 0.05) is 15.9 Å². The summed E-state index contributed by atoms with van der Waals surface area (Å²) >= 11 is 13.4. The molecule has 2 N–H and O–H groups in total. The predicted molar refractivity (Wildman–Crippen MR) is 115 cm³/mol. The lowest BCUT2D eigenvalue weighted by Gasteiger charge is -2.13. The fourth-order valence-electron chi connectivity index (χ4n) is 3.74. The highest BCUT2D eigenvalue weighted by Gasteiger charge is 2.33. The molecule has 2 aliphatic rings. The van der Waals surface area contributed by atoms with E-state index in [2.05, 4.69) is 10.6 Å². The summed E-state index contributed by atoms with van der Waals surface area (Å²) in [4.78, 5) is 26.8. The predicted octanol–water partition coefficient (Wildman–Crippen LogP) is 3.71. The Hall–Kier alpha value is -1.61. The first-order valence-corrected chi connectivity index (χ1v) is 12.5. The number of rotatable bonds is 4. The summed E-state index contributed by atoms with van der Waals surface area (Å²) in [6.45, 7) is 0. The number of carbonyl (C=O) groups is 2. The molecule has 1 saturated heterocycles. The smallest absolute Gasteiger partial charge is 0.257 e. The number of halogens is 2. The second kappa shape index (κ2) is 7.91. The molecule has 4 rings (SSSR count). The molecule has 1 aliphatic heterocycles. The molecule has 0 radical (unpaired) electrons. The Bertz CT molecular complexity index is 1110. The van der Waals surface area contributed by atoms with Gasteiger partial charge in [-0.15, -0.1) is 11.3 Å². The van der Waals surface area contributed by atoms with Crippen LogP contribution in [0.1, 0.15) is 44.0 Å². The Morgan fingerprint density at radius 1 is 1.14 bits per heavy atom. The number of carbonyl (C=O) groups excluding carboxylic acids is 2. The van der Waals surface area contributed by atoms with E-state index in [1.807, 2.05) is 0 Å². The molecule has 1 aromatic heterocycles. The molecular weight excluding hydrogens is 455 g/mol. The van der Waals surface area contributed by atoms with Crippen molar-refractivity contribution in [2.75, 3.05) is 16.8 Å². The van der Waals surface area contributed by atoms with Gasteiger partial charge in [-0.3, -0.25) is 9.59 Å². The van der Waals surface area contributed by atoms with Crippen LogP contribution >= 0.6 is 34.5 Å². The van der Waals surface area contributed by atoms with Crippen molar-refractivity contribution in [1.82, 2.24) is 5.32 Å². The van der Waals surface area contributed by atoms with Crippen molar-refractivity contribution in [3.63, 3.8) is 0 Å². The zero-order valence-corrected chi connectivity index (χ0v) is 18.4. The number of anilines is 1. The maximum Gasteiger partial charge on any atom is 0.257 e. The number of thiophene rings is 1. The van der Waals surface area contributed by atoms with Crippen molar-refractivity contribution in [1.29, 1.82) is 0 Å². The van der Waals surface area contributed by atoms with Crippen molar-refractivity contribution in [2.24, 2.45) is 0 Å². The molecule has 10 heteroatoms. The Balaban J connectivity index is 1.59. The van der Waals surface area contributed by atoms with Crippen molar-refractivity contribution in [2.45, 2.75) is 31.7 Å². The number of fused-ring (bicyclic) bond motifs is 1. The maximum atomic E-state index is 13.0. The third-order valence-corrected chi connectivity index (χ3v) is 8.64. The van der Waals surface area contributed by atoms with Gasteiger partial charge in [0.15, 0.2) is 9.84 Å². The minimum absolute atomic E-state index is 0.0485. The number of benzene rings is 1. The number of hydrogen-bond acceptors (Lipinski definition) is 5. The molecule has 0 bridgehead atoms. The zero-order chi connectivity index (χ0) is 20.8. The van der Waals surface area contributed by atoms with E-state index in [1.165, 1.54) is 23.5 Å². The van der Waals surface area contributed by atoms with Crippen molar-refractivity contribution >= 4 is 61.2 Å². The summed E-state index contributed by atoms with van der Waals surface area (Å²) in [6.07, 6.45) is 2.98. The van der Waals surface area contributed by atoms with E-state index in [9.17, 15) is 18.0 Å². The average Bonchev–Trinajstić information content (AvgIpc) is 3.28. The van der Waals surface area contributed by atoms with Gasteiger partial charge in [0.2, 0.25) is 0 Å². The minimum atomic E-state index is -3.10. The van der Waals surface area contributed by atoms with Gasteiger partial charge in [-0.25, -0.2) is 8.42 Å². The van der Waals surface area contributed by atoms with Crippen LogP contribution in [0, 0.1) is 0 Å². The normalized spacial score (nSPS) is 19.7.